The van der Waals surface area contributed by atoms with Crippen molar-refractivity contribution in [2.45, 2.75) is 109 Å². The van der Waals surface area contributed by atoms with E-state index in [-0.39, 0.29) is 5.60 Å². The highest BCUT2D eigenvalue weighted by Crippen LogP contribution is 2.37. The number of aliphatic hydroxyl groups is 1. The molecule has 0 spiro atoms. The molecule has 0 aromatic carbocycles. The summed E-state index contributed by atoms with van der Waals surface area (Å²) < 4.78 is 0. The molecule has 2 atom stereocenters. The fraction of sp³-hybridized carbons (Fsp3) is 1.00. The first-order valence-corrected chi connectivity index (χ1v) is 8.92. The lowest BCUT2D eigenvalue weighted by atomic mass is 9.75. The summed E-state index contributed by atoms with van der Waals surface area (Å²) in [5.74, 6) is 0.785. The molecule has 1 N–H and O–H groups in total. The maximum absolute atomic E-state index is 10.6. The molecular formula is C18H36O. The van der Waals surface area contributed by atoms with Gasteiger partial charge in [-0.1, -0.05) is 84.5 Å². The van der Waals surface area contributed by atoms with Gasteiger partial charge in [-0.15, -0.1) is 0 Å². The van der Waals surface area contributed by atoms with Gasteiger partial charge in [0.1, 0.15) is 0 Å². The highest BCUT2D eigenvalue weighted by Gasteiger charge is 2.32. The molecule has 2 unspecified atom stereocenters. The van der Waals surface area contributed by atoms with Crippen LogP contribution in [-0.4, -0.2) is 10.7 Å². The van der Waals surface area contributed by atoms with Crippen LogP contribution in [0.1, 0.15) is 104 Å². The summed E-state index contributed by atoms with van der Waals surface area (Å²) in [4.78, 5) is 0. The summed E-state index contributed by atoms with van der Waals surface area (Å²) in [6, 6.07) is 0. The molecule has 1 rings (SSSR count). The number of hydrogen-bond acceptors (Lipinski definition) is 1. The maximum Gasteiger partial charge on any atom is 0.0650 e. The largest absolute Gasteiger partial charge is 0.390 e. The van der Waals surface area contributed by atoms with E-state index in [2.05, 4.69) is 13.8 Å². The minimum absolute atomic E-state index is 0.304. The van der Waals surface area contributed by atoms with E-state index in [0.29, 0.717) is 0 Å². The van der Waals surface area contributed by atoms with E-state index in [1.165, 1.54) is 70.6 Å². The molecular weight excluding hydrogens is 232 g/mol. The van der Waals surface area contributed by atoms with E-state index < -0.39 is 0 Å². The average molecular weight is 268 g/mol. The van der Waals surface area contributed by atoms with Crippen LogP contribution in [0.5, 0.6) is 0 Å². The molecule has 0 amide bonds. The van der Waals surface area contributed by atoms with Crippen LogP contribution < -0.4 is 0 Å². The quantitative estimate of drug-likeness (QED) is 0.493. The lowest BCUT2D eigenvalue weighted by molar-refractivity contribution is -0.0255. The lowest BCUT2D eigenvalue weighted by Gasteiger charge is -2.36. The average Bonchev–Trinajstić information content (AvgIpc) is 2.41. The van der Waals surface area contributed by atoms with Gasteiger partial charge < -0.3 is 5.11 Å². The van der Waals surface area contributed by atoms with Gasteiger partial charge in [-0.05, 0) is 25.2 Å². The highest BCUT2D eigenvalue weighted by molar-refractivity contribution is 4.85. The highest BCUT2D eigenvalue weighted by atomic mass is 16.3. The van der Waals surface area contributed by atoms with E-state index in [4.69, 9.17) is 0 Å². The van der Waals surface area contributed by atoms with E-state index in [1.54, 1.807) is 0 Å². The van der Waals surface area contributed by atoms with Crippen LogP contribution in [0.25, 0.3) is 0 Å². The van der Waals surface area contributed by atoms with Gasteiger partial charge in [0, 0.05) is 0 Å². The second-order valence-electron chi connectivity index (χ2n) is 6.82. The van der Waals surface area contributed by atoms with Crippen molar-refractivity contribution in [2.24, 2.45) is 5.92 Å². The van der Waals surface area contributed by atoms with E-state index in [0.717, 1.165) is 25.2 Å². The van der Waals surface area contributed by atoms with Crippen molar-refractivity contribution < 1.29 is 5.11 Å². The zero-order valence-electron chi connectivity index (χ0n) is 13.4. The Morgan fingerprint density at radius 1 is 0.947 bits per heavy atom. The predicted molar refractivity (Wildman–Crippen MR) is 84.4 cm³/mol. The number of unbranched alkanes of at least 4 members (excludes halogenated alkanes) is 7. The second-order valence-corrected chi connectivity index (χ2v) is 6.82. The Bertz CT molecular complexity index is 214. The van der Waals surface area contributed by atoms with Crippen molar-refractivity contribution >= 4 is 0 Å². The van der Waals surface area contributed by atoms with Crippen LogP contribution >= 0.6 is 0 Å². The molecule has 1 aliphatic carbocycles. The smallest absolute Gasteiger partial charge is 0.0650 e. The third kappa shape index (κ3) is 7.34. The molecule has 1 nitrogen and oxygen atoms in total. The van der Waals surface area contributed by atoms with E-state index in [1.807, 2.05) is 0 Å². The molecule has 1 heteroatoms. The SMILES string of the molecule is CCCCCCCCCCC1(O)CCCC(CC)C1. The van der Waals surface area contributed by atoms with Crippen LogP contribution in [0.15, 0.2) is 0 Å². The molecule has 0 radical (unpaired) electrons. The van der Waals surface area contributed by atoms with Gasteiger partial charge in [-0.2, -0.15) is 0 Å². The fourth-order valence-electron chi connectivity index (χ4n) is 3.62. The van der Waals surface area contributed by atoms with Crippen LogP contribution in [0.2, 0.25) is 0 Å². The first kappa shape index (κ1) is 17.0. The Labute approximate surface area is 121 Å². The zero-order chi connectivity index (χ0) is 14.0. The fourth-order valence-corrected chi connectivity index (χ4v) is 3.62. The summed E-state index contributed by atoms with van der Waals surface area (Å²) in [5.41, 5.74) is -0.304. The normalized spacial score (nSPS) is 27.6. The van der Waals surface area contributed by atoms with Crippen molar-refractivity contribution in [1.82, 2.24) is 0 Å². The Hall–Kier alpha value is -0.0400. The maximum atomic E-state index is 10.6. The Kier molecular flexibility index (Phi) is 8.77. The van der Waals surface area contributed by atoms with Crippen LogP contribution in [0.3, 0.4) is 0 Å². The van der Waals surface area contributed by atoms with Crippen LogP contribution in [0.4, 0.5) is 0 Å². The molecule has 114 valence electrons. The van der Waals surface area contributed by atoms with Crippen molar-refractivity contribution in [3.8, 4) is 0 Å². The van der Waals surface area contributed by atoms with Gasteiger partial charge in [0.2, 0.25) is 0 Å². The molecule has 0 aromatic rings. The summed E-state index contributed by atoms with van der Waals surface area (Å²) in [5, 5.41) is 10.6. The van der Waals surface area contributed by atoms with E-state index >= 15 is 0 Å². The standard InChI is InChI=1S/C18H36O/c1-3-5-6-7-8-9-10-11-14-18(19)15-12-13-17(4-2)16-18/h17,19H,3-16H2,1-2H3. The first-order chi connectivity index (χ1) is 9.20. The first-order valence-electron chi connectivity index (χ1n) is 8.92. The summed E-state index contributed by atoms with van der Waals surface area (Å²) >= 11 is 0. The van der Waals surface area contributed by atoms with Gasteiger partial charge in [-0.25, -0.2) is 0 Å². The predicted octanol–water partition coefficient (Wildman–Crippen LogP) is 5.85. The minimum Gasteiger partial charge on any atom is -0.390 e. The molecule has 19 heavy (non-hydrogen) atoms. The van der Waals surface area contributed by atoms with Gasteiger partial charge in [0.15, 0.2) is 0 Å². The molecule has 0 bridgehead atoms. The third-order valence-electron chi connectivity index (χ3n) is 5.00. The summed E-state index contributed by atoms with van der Waals surface area (Å²) in [6.45, 7) is 4.54. The van der Waals surface area contributed by atoms with Gasteiger partial charge >= 0.3 is 0 Å². The van der Waals surface area contributed by atoms with Crippen molar-refractivity contribution in [3.05, 3.63) is 0 Å². The Balaban J connectivity index is 2.01. The number of hydrogen-bond donors (Lipinski definition) is 1. The third-order valence-corrected chi connectivity index (χ3v) is 5.00. The van der Waals surface area contributed by atoms with Crippen molar-refractivity contribution in [1.29, 1.82) is 0 Å². The molecule has 0 aromatic heterocycles. The van der Waals surface area contributed by atoms with E-state index in [9.17, 15) is 5.11 Å². The van der Waals surface area contributed by atoms with Crippen molar-refractivity contribution in [3.63, 3.8) is 0 Å². The summed E-state index contributed by atoms with van der Waals surface area (Å²) in [7, 11) is 0. The Morgan fingerprint density at radius 3 is 2.21 bits per heavy atom. The molecule has 0 aliphatic heterocycles. The van der Waals surface area contributed by atoms with Crippen LogP contribution in [-0.2, 0) is 0 Å². The van der Waals surface area contributed by atoms with Crippen LogP contribution in [0, 0.1) is 5.92 Å². The molecule has 1 fully saturated rings. The minimum atomic E-state index is -0.304. The van der Waals surface area contributed by atoms with Crippen molar-refractivity contribution in [2.75, 3.05) is 0 Å². The van der Waals surface area contributed by atoms with Gasteiger partial charge in [-0.3, -0.25) is 0 Å². The van der Waals surface area contributed by atoms with Gasteiger partial charge in [0.05, 0.1) is 5.60 Å². The molecule has 1 saturated carbocycles. The summed E-state index contributed by atoms with van der Waals surface area (Å²) in [6.07, 6.45) is 17.9. The topological polar surface area (TPSA) is 20.2 Å². The zero-order valence-corrected chi connectivity index (χ0v) is 13.4. The lowest BCUT2D eigenvalue weighted by Crippen LogP contribution is -2.35. The molecule has 1 aliphatic rings. The monoisotopic (exact) mass is 268 g/mol. The molecule has 0 saturated heterocycles. The van der Waals surface area contributed by atoms with Gasteiger partial charge in [0.25, 0.3) is 0 Å². The Morgan fingerprint density at radius 2 is 1.58 bits per heavy atom. The molecule has 0 heterocycles. The number of rotatable bonds is 10. The second kappa shape index (κ2) is 9.80.